The van der Waals surface area contributed by atoms with E-state index in [9.17, 15) is 22.8 Å². The minimum Gasteiger partial charge on any atom is -0.478 e. The fourth-order valence-electron chi connectivity index (χ4n) is 1.10. The number of anilines is 1. The van der Waals surface area contributed by atoms with Gasteiger partial charge in [-0.25, -0.2) is 18.0 Å². The number of carboxylic acid groups (broad SMARTS) is 1. The van der Waals surface area contributed by atoms with Gasteiger partial charge in [-0.1, -0.05) is 0 Å². The normalized spacial score (nSPS) is 10.0. The van der Waals surface area contributed by atoms with Crippen LogP contribution in [0.4, 0.5) is 18.9 Å². The van der Waals surface area contributed by atoms with Crippen molar-refractivity contribution in [3.63, 3.8) is 0 Å². The molecule has 1 rings (SSSR count). The smallest absolute Gasteiger partial charge is 0.340 e. The molecule has 86 valence electrons. The minimum absolute atomic E-state index is 0.101. The first-order valence-electron chi connectivity index (χ1n) is 4.03. The van der Waals surface area contributed by atoms with Crippen molar-refractivity contribution in [3.8, 4) is 0 Å². The van der Waals surface area contributed by atoms with E-state index in [1.165, 1.54) is 0 Å². The number of aromatic carboxylic acids is 1. The van der Waals surface area contributed by atoms with Crippen LogP contribution in [-0.2, 0) is 4.79 Å². The summed E-state index contributed by atoms with van der Waals surface area (Å²) < 4.78 is 39.0. The van der Waals surface area contributed by atoms with Crippen molar-refractivity contribution in [1.82, 2.24) is 0 Å². The number of benzene rings is 1. The number of halogens is 3. The zero-order chi connectivity index (χ0) is 12.5. The van der Waals surface area contributed by atoms with Gasteiger partial charge in [0.2, 0.25) is 5.91 Å². The molecule has 0 aromatic heterocycles. The van der Waals surface area contributed by atoms with Crippen molar-refractivity contribution in [1.29, 1.82) is 0 Å². The molecule has 0 radical (unpaired) electrons. The van der Waals surface area contributed by atoms with Crippen LogP contribution in [0.2, 0.25) is 0 Å². The molecule has 2 N–H and O–H groups in total. The third-order valence-electron chi connectivity index (χ3n) is 1.69. The first-order chi connectivity index (χ1) is 7.34. The van der Waals surface area contributed by atoms with E-state index in [4.69, 9.17) is 5.11 Å². The number of carbonyl (C=O) groups excluding carboxylic acids is 1. The first kappa shape index (κ1) is 12.0. The van der Waals surface area contributed by atoms with Gasteiger partial charge in [0.05, 0.1) is 5.69 Å². The molecule has 0 aliphatic heterocycles. The van der Waals surface area contributed by atoms with Gasteiger partial charge in [-0.2, -0.15) is 0 Å². The van der Waals surface area contributed by atoms with Crippen molar-refractivity contribution >= 4 is 17.6 Å². The summed E-state index contributed by atoms with van der Waals surface area (Å²) in [7, 11) is 0. The Bertz CT molecular complexity index is 474. The van der Waals surface area contributed by atoms with Crippen molar-refractivity contribution < 1.29 is 27.9 Å². The molecule has 0 aliphatic rings. The average molecular weight is 233 g/mol. The highest BCUT2D eigenvalue weighted by atomic mass is 19.2. The zero-order valence-electron chi connectivity index (χ0n) is 7.97. The molecule has 0 bridgehead atoms. The Morgan fingerprint density at radius 2 is 1.81 bits per heavy atom. The lowest BCUT2D eigenvalue weighted by Gasteiger charge is -2.09. The number of amides is 1. The second-order valence-electron chi connectivity index (χ2n) is 2.89. The lowest BCUT2D eigenvalue weighted by atomic mass is 10.1. The van der Waals surface area contributed by atoms with Gasteiger partial charge in [0.1, 0.15) is 11.4 Å². The lowest BCUT2D eigenvalue weighted by Crippen LogP contribution is -2.15. The summed E-state index contributed by atoms with van der Waals surface area (Å²) in [5.74, 6) is -7.30. The molecule has 0 saturated carbocycles. The van der Waals surface area contributed by atoms with Crippen LogP contribution >= 0.6 is 0 Å². The molecular weight excluding hydrogens is 227 g/mol. The largest absolute Gasteiger partial charge is 0.478 e. The van der Waals surface area contributed by atoms with Crippen LogP contribution in [0.5, 0.6) is 0 Å². The summed E-state index contributed by atoms with van der Waals surface area (Å²) >= 11 is 0. The molecular formula is C9H6F3NO3. The maximum atomic E-state index is 13.1. The van der Waals surface area contributed by atoms with E-state index >= 15 is 0 Å². The number of hydrogen-bond donors (Lipinski definition) is 2. The first-order valence-corrected chi connectivity index (χ1v) is 4.03. The van der Waals surface area contributed by atoms with E-state index in [1.54, 1.807) is 5.32 Å². The van der Waals surface area contributed by atoms with Crippen LogP contribution in [0.3, 0.4) is 0 Å². The van der Waals surface area contributed by atoms with Crippen LogP contribution in [0.1, 0.15) is 17.3 Å². The highest BCUT2D eigenvalue weighted by molar-refractivity contribution is 6.00. The number of carbonyl (C=O) groups is 2. The molecule has 1 aromatic carbocycles. The SMILES string of the molecule is CC(=O)Nc1c(F)c(F)cc(F)c1C(=O)O. The van der Waals surface area contributed by atoms with Crippen LogP contribution in [0.25, 0.3) is 0 Å². The monoisotopic (exact) mass is 233 g/mol. The van der Waals surface area contributed by atoms with Gasteiger partial charge in [0.15, 0.2) is 11.6 Å². The van der Waals surface area contributed by atoms with E-state index in [2.05, 4.69) is 0 Å². The quantitative estimate of drug-likeness (QED) is 0.765. The predicted molar refractivity (Wildman–Crippen MR) is 47.6 cm³/mol. The molecule has 0 spiro atoms. The lowest BCUT2D eigenvalue weighted by molar-refractivity contribution is -0.114. The molecule has 1 amide bonds. The van der Waals surface area contributed by atoms with Gasteiger partial charge in [-0.3, -0.25) is 4.79 Å². The standard InChI is InChI=1S/C9H6F3NO3/c1-3(14)13-8-6(9(15)16)4(10)2-5(11)7(8)12/h2H,1H3,(H,13,14)(H,15,16). The predicted octanol–water partition coefficient (Wildman–Crippen LogP) is 1.76. The number of hydrogen-bond acceptors (Lipinski definition) is 2. The second-order valence-corrected chi connectivity index (χ2v) is 2.89. The van der Waals surface area contributed by atoms with Gasteiger partial charge in [-0.15, -0.1) is 0 Å². The molecule has 0 unspecified atom stereocenters. The van der Waals surface area contributed by atoms with E-state index in [0.29, 0.717) is 0 Å². The molecule has 0 heterocycles. The Kier molecular flexibility index (Phi) is 3.17. The zero-order valence-corrected chi connectivity index (χ0v) is 7.97. The minimum atomic E-state index is -1.81. The molecule has 1 aromatic rings. The molecule has 7 heteroatoms. The van der Waals surface area contributed by atoms with Gasteiger partial charge in [0, 0.05) is 13.0 Å². The Morgan fingerprint density at radius 1 is 1.25 bits per heavy atom. The highest BCUT2D eigenvalue weighted by Gasteiger charge is 2.24. The van der Waals surface area contributed by atoms with E-state index in [0.717, 1.165) is 6.92 Å². The molecule has 4 nitrogen and oxygen atoms in total. The van der Waals surface area contributed by atoms with Crippen LogP contribution in [-0.4, -0.2) is 17.0 Å². The maximum Gasteiger partial charge on any atom is 0.340 e. The Balaban J connectivity index is 3.51. The van der Waals surface area contributed by atoms with Crippen molar-refractivity contribution in [2.45, 2.75) is 6.92 Å². The summed E-state index contributed by atoms with van der Waals surface area (Å²) in [5, 5.41) is 10.3. The summed E-state index contributed by atoms with van der Waals surface area (Å²) in [5.41, 5.74) is -2.13. The summed E-state index contributed by atoms with van der Waals surface area (Å²) in [6.07, 6.45) is 0. The van der Waals surface area contributed by atoms with E-state index < -0.39 is 40.6 Å². The Labute approximate surface area is 87.7 Å². The second kappa shape index (κ2) is 4.21. The van der Waals surface area contributed by atoms with Crippen molar-refractivity contribution in [2.24, 2.45) is 0 Å². The van der Waals surface area contributed by atoms with Crippen LogP contribution in [0.15, 0.2) is 6.07 Å². The van der Waals surface area contributed by atoms with Gasteiger partial charge >= 0.3 is 5.97 Å². The fourth-order valence-corrected chi connectivity index (χ4v) is 1.10. The topological polar surface area (TPSA) is 66.4 Å². The summed E-state index contributed by atoms with van der Waals surface area (Å²) in [6, 6.07) is 0.101. The Hall–Kier alpha value is -2.05. The number of nitrogens with one attached hydrogen (secondary N) is 1. The summed E-state index contributed by atoms with van der Waals surface area (Å²) in [4.78, 5) is 21.3. The van der Waals surface area contributed by atoms with Crippen LogP contribution < -0.4 is 5.32 Å². The fraction of sp³-hybridized carbons (Fsp3) is 0.111. The van der Waals surface area contributed by atoms with E-state index in [-0.39, 0.29) is 6.07 Å². The molecule has 0 aliphatic carbocycles. The maximum absolute atomic E-state index is 13.1. The summed E-state index contributed by atoms with van der Waals surface area (Å²) in [6.45, 7) is 0.952. The molecule has 16 heavy (non-hydrogen) atoms. The Morgan fingerprint density at radius 3 is 2.25 bits per heavy atom. The number of carboxylic acids is 1. The average Bonchev–Trinajstić information content (AvgIpc) is 2.12. The third-order valence-corrected chi connectivity index (χ3v) is 1.69. The molecule has 0 fully saturated rings. The van der Waals surface area contributed by atoms with E-state index in [1.807, 2.05) is 0 Å². The van der Waals surface area contributed by atoms with Gasteiger partial charge in [0.25, 0.3) is 0 Å². The van der Waals surface area contributed by atoms with Crippen LogP contribution in [0, 0.1) is 17.5 Å². The van der Waals surface area contributed by atoms with Gasteiger partial charge in [-0.05, 0) is 0 Å². The number of rotatable bonds is 2. The highest BCUT2D eigenvalue weighted by Crippen LogP contribution is 2.25. The van der Waals surface area contributed by atoms with Crippen molar-refractivity contribution in [3.05, 3.63) is 29.1 Å². The third kappa shape index (κ3) is 2.13. The van der Waals surface area contributed by atoms with Gasteiger partial charge < -0.3 is 10.4 Å². The van der Waals surface area contributed by atoms with Crippen molar-refractivity contribution in [2.75, 3.05) is 5.32 Å². The molecule has 0 atom stereocenters. The molecule has 0 saturated heterocycles.